The van der Waals surface area contributed by atoms with E-state index in [0.717, 1.165) is 11.1 Å². The Hall–Kier alpha value is -6.07. The van der Waals surface area contributed by atoms with Crippen LogP contribution in [-0.4, -0.2) is 74.9 Å². The van der Waals surface area contributed by atoms with Crippen molar-refractivity contribution in [1.82, 2.24) is 19.8 Å². The van der Waals surface area contributed by atoms with Gasteiger partial charge in [-0.25, -0.2) is 9.97 Å². The summed E-state index contributed by atoms with van der Waals surface area (Å²) >= 11 is 0. The largest absolute Gasteiger partial charge is 0.508 e. The molecule has 5 heterocycles. The van der Waals surface area contributed by atoms with Crippen molar-refractivity contribution in [1.29, 1.82) is 0 Å². The van der Waals surface area contributed by atoms with E-state index in [-0.39, 0.29) is 17.6 Å². The molecule has 1 spiro atoms. The molecule has 3 saturated heterocycles. The van der Waals surface area contributed by atoms with Gasteiger partial charge in [-0.1, -0.05) is 91.0 Å². The summed E-state index contributed by atoms with van der Waals surface area (Å²) in [5, 5.41) is 13.6. The number of morpholine rings is 1. The number of cyclic esters (lactones) is 1. The topological polar surface area (TPSA) is 128 Å². The van der Waals surface area contributed by atoms with Crippen molar-refractivity contribution in [2.45, 2.75) is 29.6 Å². The van der Waals surface area contributed by atoms with Crippen molar-refractivity contribution in [2.24, 2.45) is 5.92 Å². The zero-order chi connectivity index (χ0) is 35.4. The molecular formula is C41H36N6O5. The number of hydrogen-bond donors (Lipinski definition) is 2. The first-order chi connectivity index (χ1) is 25.5. The summed E-state index contributed by atoms with van der Waals surface area (Å²) < 4.78 is 6.48. The van der Waals surface area contributed by atoms with Crippen LogP contribution in [-0.2, 0) is 24.5 Å². The first-order valence-corrected chi connectivity index (χ1v) is 17.6. The van der Waals surface area contributed by atoms with Crippen LogP contribution >= 0.6 is 0 Å². The second kappa shape index (κ2) is 12.6. The van der Waals surface area contributed by atoms with Crippen LogP contribution < -0.4 is 10.2 Å². The number of fused-ring (bicyclic) bond motifs is 3. The molecule has 6 atom stereocenters. The number of hydrogen-bond acceptors (Lipinski definition) is 9. The Kier molecular flexibility index (Phi) is 7.73. The third kappa shape index (κ3) is 4.87. The van der Waals surface area contributed by atoms with Crippen molar-refractivity contribution in [3.8, 4) is 5.75 Å². The van der Waals surface area contributed by atoms with Gasteiger partial charge >= 0.3 is 5.97 Å². The van der Waals surface area contributed by atoms with Gasteiger partial charge in [0.15, 0.2) is 0 Å². The molecule has 5 aromatic rings. The van der Waals surface area contributed by atoms with Crippen LogP contribution in [0.3, 0.4) is 0 Å². The van der Waals surface area contributed by atoms with Crippen molar-refractivity contribution < 1.29 is 24.2 Å². The first kappa shape index (κ1) is 31.9. The predicted molar refractivity (Wildman–Crippen MR) is 192 cm³/mol. The van der Waals surface area contributed by atoms with E-state index in [1.807, 2.05) is 89.8 Å². The summed E-state index contributed by atoms with van der Waals surface area (Å²) in [5.74, 6) is -1.71. The lowest BCUT2D eigenvalue weighted by molar-refractivity contribution is -0.179. The summed E-state index contributed by atoms with van der Waals surface area (Å²) in [4.78, 5) is 60.0. The predicted octanol–water partition coefficient (Wildman–Crippen LogP) is 4.80. The van der Waals surface area contributed by atoms with Gasteiger partial charge in [-0.2, -0.15) is 0 Å². The molecule has 0 bridgehead atoms. The number of ether oxygens (including phenoxy) is 1. The van der Waals surface area contributed by atoms with Gasteiger partial charge in [-0.3, -0.25) is 19.3 Å². The molecular weight excluding hydrogens is 656 g/mol. The number of rotatable bonds is 5. The van der Waals surface area contributed by atoms with Crippen LogP contribution in [0.5, 0.6) is 5.75 Å². The van der Waals surface area contributed by atoms with Gasteiger partial charge in [-0.15, -0.1) is 0 Å². The normalized spacial score (nSPS) is 26.8. The maximum Gasteiger partial charge on any atom is 0.324 e. The lowest BCUT2D eigenvalue weighted by Gasteiger charge is -2.46. The molecule has 0 saturated carbocycles. The number of phenolic OH excluding ortho intramolecular Hbond substituents is 1. The molecule has 4 aliphatic rings. The number of carbonyl (C=O) groups is 3. The minimum absolute atomic E-state index is 0.0661. The van der Waals surface area contributed by atoms with Crippen molar-refractivity contribution in [3.05, 3.63) is 150 Å². The van der Waals surface area contributed by atoms with Crippen molar-refractivity contribution in [3.63, 3.8) is 0 Å². The van der Waals surface area contributed by atoms with Crippen molar-refractivity contribution >= 4 is 29.4 Å². The average Bonchev–Trinajstić information content (AvgIpc) is 3.67. The van der Waals surface area contributed by atoms with E-state index >= 15 is 9.59 Å². The van der Waals surface area contributed by atoms with Gasteiger partial charge < -0.3 is 25.0 Å². The van der Waals surface area contributed by atoms with Crippen LogP contribution in [0.2, 0.25) is 0 Å². The van der Waals surface area contributed by atoms with Gasteiger partial charge in [0.05, 0.1) is 18.0 Å². The van der Waals surface area contributed by atoms with Gasteiger partial charge in [-0.05, 0) is 46.5 Å². The average molecular weight is 693 g/mol. The summed E-state index contributed by atoms with van der Waals surface area (Å²) in [7, 11) is 0. The van der Waals surface area contributed by atoms with E-state index in [2.05, 4.69) is 20.2 Å². The highest BCUT2D eigenvalue weighted by Crippen LogP contribution is 2.65. The number of aromatic hydroxyl groups is 1. The zero-order valence-corrected chi connectivity index (χ0v) is 28.2. The molecule has 4 aliphatic heterocycles. The summed E-state index contributed by atoms with van der Waals surface area (Å²) in [5.41, 5.74) is 2.09. The second-order valence-electron chi connectivity index (χ2n) is 13.7. The van der Waals surface area contributed by atoms with Gasteiger partial charge in [0.2, 0.25) is 17.8 Å². The van der Waals surface area contributed by atoms with E-state index in [4.69, 9.17) is 4.74 Å². The molecule has 1 aromatic heterocycles. The Morgan fingerprint density at radius 3 is 2.06 bits per heavy atom. The molecule has 0 unspecified atom stereocenters. The molecule has 260 valence electrons. The number of nitrogens with one attached hydrogen (secondary N) is 1. The lowest BCUT2D eigenvalue weighted by atomic mass is 9.65. The lowest BCUT2D eigenvalue weighted by Crippen LogP contribution is -2.58. The number of amides is 2. The Morgan fingerprint density at radius 1 is 0.731 bits per heavy atom. The fraction of sp³-hybridized carbons (Fsp3) is 0.244. The monoisotopic (exact) mass is 692 g/mol. The Bertz CT molecular complexity index is 2130. The number of anilines is 2. The number of phenols is 1. The molecule has 2 amide bonds. The van der Waals surface area contributed by atoms with Crippen LogP contribution in [0, 0.1) is 5.92 Å². The van der Waals surface area contributed by atoms with Crippen LogP contribution in [0.25, 0.3) is 0 Å². The Morgan fingerprint density at radius 2 is 1.37 bits per heavy atom. The number of nitrogens with zero attached hydrogens (tertiary/aromatic N) is 5. The molecule has 3 fully saturated rings. The first-order valence-electron chi connectivity index (χ1n) is 17.6. The van der Waals surface area contributed by atoms with Crippen LogP contribution in [0.4, 0.5) is 11.6 Å². The molecule has 52 heavy (non-hydrogen) atoms. The third-order valence-electron chi connectivity index (χ3n) is 11.1. The van der Waals surface area contributed by atoms with Crippen LogP contribution in [0.1, 0.15) is 40.4 Å². The maximum atomic E-state index is 15.4. The SMILES string of the molecule is O=C1O[C@H](c2ccccc2)[C@H](c2ccccc2)N2[C@H]1[C@@H](C(=O)N1CCN(c3ncccn3)CC1)[C@]1(C(=O)Nc3ccccc31)[C@H]2c1ccc(O)cc1. The Labute approximate surface area is 300 Å². The smallest absolute Gasteiger partial charge is 0.324 e. The number of para-hydroxylation sites is 1. The molecule has 0 radical (unpaired) electrons. The molecule has 11 nitrogen and oxygen atoms in total. The zero-order valence-electron chi connectivity index (χ0n) is 28.2. The minimum Gasteiger partial charge on any atom is -0.508 e. The number of esters is 1. The van der Waals surface area contributed by atoms with E-state index in [1.54, 1.807) is 47.6 Å². The van der Waals surface area contributed by atoms with Crippen LogP contribution in [0.15, 0.2) is 128 Å². The molecule has 9 rings (SSSR count). The number of carbonyl (C=O) groups excluding carboxylic acids is 3. The van der Waals surface area contributed by atoms with Gasteiger partial charge in [0, 0.05) is 44.3 Å². The highest BCUT2D eigenvalue weighted by atomic mass is 16.6. The minimum atomic E-state index is -1.54. The Balaban J connectivity index is 1.25. The fourth-order valence-electron chi connectivity index (χ4n) is 8.96. The van der Waals surface area contributed by atoms with E-state index in [9.17, 15) is 9.90 Å². The third-order valence-corrected chi connectivity index (χ3v) is 11.1. The number of piperazine rings is 1. The number of aromatic nitrogens is 2. The van der Waals surface area contributed by atoms with Gasteiger partial charge in [0.25, 0.3) is 0 Å². The quantitative estimate of drug-likeness (QED) is 0.250. The highest BCUT2D eigenvalue weighted by molar-refractivity contribution is 6.12. The van der Waals surface area contributed by atoms with E-state index < -0.39 is 41.5 Å². The summed E-state index contributed by atoms with van der Waals surface area (Å²) in [6.45, 7) is 1.68. The summed E-state index contributed by atoms with van der Waals surface area (Å²) in [6, 6.07) is 32.9. The highest BCUT2D eigenvalue weighted by Gasteiger charge is 2.74. The molecule has 4 aromatic carbocycles. The van der Waals surface area contributed by atoms with Crippen molar-refractivity contribution in [2.75, 3.05) is 36.4 Å². The molecule has 11 heteroatoms. The van der Waals surface area contributed by atoms with Gasteiger partial charge in [0.1, 0.15) is 23.3 Å². The molecule has 2 N–H and O–H groups in total. The molecule has 0 aliphatic carbocycles. The number of benzene rings is 4. The van der Waals surface area contributed by atoms with E-state index in [1.165, 1.54) is 0 Å². The fourth-order valence-corrected chi connectivity index (χ4v) is 8.96. The maximum absolute atomic E-state index is 15.4. The standard InChI is InChI=1S/C41H36N6O5/c48-29-18-16-28(17-19-29)36-41(30-14-7-8-15-31(30)44-39(41)51)32(37(49)45-22-24-46(25-23-45)40-42-20-9-21-43-40)34-38(50)52-35(27-12-5-2-6-13-27)33(47(34)36)26-10-3-1-4-11-26/h1-21,32-36,48H,22-25H2,(H,44,51)/t32-,33-,34-,35+,36+,41-/m0/s1. The van der Waals surface area contributed by atoms with E-state index in [0.29, 0.717) is 48.9 Å². The second-order valence-corrected chi connectivity index (χ2v) is 13.7. The summed E-state index contributed by atoms with van der Waals surface area (Å²) in [6.07, 6.45) is 2.64.